The van der Waals surface area contributed by atoms with Gasteiger partial charge in [-0.15, -0.1) is 0 Å². The van der Waals surface area contributed by atoms with Crippen LogP contribution in [0.2, 0.25) is 0 Å². The van der Waals surface area contributed by atoms with Gasteiger partial charge >= 0.3 is 5.97 Å². The van der Waals surface area contributed by atoms with Crippen molar-refractivity contribution in [3.05, 3.63) is 109 Å². The number of benzene rings is 2. The largest absolute Gasteiger partial charge is 0.492 e. The molecule has 0 bridgehead atoms. The first-order valence-corrected chi connectivity index (χ1v) is 11.0. The van der Waals surface area contributed by atoms with Gasteiger partial charge in [-0.25, -0.2) is 4.79 Å². The third-order valence-corrected chi connectivity index (χ3v) is 5.39. The summed E-state index contributed by atoms with van der Waals surface area (Å²) in [6.07, 6.45) is 5.61. The summed E-state index contributed by atoms with van der Waals surface area (Å²) in [5.41, 5.74) is 3.28. The first kappa shape index (κ1) is 22.8. The number of aromatic nitrogens is 2. The van der Waals surface area contributed by atoms with Crippen LogP contribution in [0.25, 0.3) is 11.3 Å². The van der Waals surface area contributed by atoms with Crippen molar-refractivity contribution in [1.82, 2.24) is 14.9 Å². The van der Waals surface area contributed by atoms with E-state index in [4.69, 9.17) is 4.74 Å². The number of ether oxygens (including phenoxy) is 1. The molecule has 2 heterocycles. The molecule has 0 saturated carbocycles. The maximum atomic E-state index is 12.4. The van der Waals surface area contributed by atoms with Gasteiger partial charge < -0.3 is 19.7 Å². The summed E-state index contributed by atoms with van der Waals surface area (Å²) in [7, 11) is 0. The van der Waals surface area contributed by atoms with E-state index in [9.17, 15) is 14.7 Å². The van der Waals surface area contributed by atoms with Crippen LogP contribution in [0.5, 0.6) is 5.75 Å². The summed E-state index contributed by atoms with van der Waals surface area (Å²) >= 11 is 0. The summed E-state index contributed by atoms with van der Waals surface area (Å²) in [5.74, 6) is -0.388. The molecule has 0 fully saturated rings. The molecule has 1 amide bonds. The molecule has 1 atom stereocenters. The van der Waals surface area contributed by atoms with Crippen LogP contribution in [-0.4, -0.2) is 39.7 Å². The van der Waals surface area contributed by atoms with E-state index >= 15 is 0 Å². The Bertz CT molecular complexity index is 1210. The molecule has 2 N–H and O–H groups in total. The number of carbonyl (C=O) groups excluding carboxylic acids is 1. The number of carboxylic acids is 1. The summed E-state index contributed by atoms with van der Waals surface area (Å²) in [4.78, 5) is 28.3. The van der Waals surface area contributed by atoms with E-state index in [1.807, 2.05) is 66.7 Å². The van der Waals surface area contributed by atoms with E-state index in [1.54, 1.807) is 35.3 Å². The van der Waals surface area contributed by atoms with Gasteiger partial charge in [-0.3, -0.25) is 9.78 Å². The normalized spacial score (nSPS) is 11.5. The van der Waals surface area contributed by atoms with Crippen molar-refractivity contribution in [3.8, 4) is 17.0 Å². The molecule has 7 nitrogen and oxygen atoms in total. The fourth-order valence-electron chi connectivity index (χ4n) is 3.58. The SMILES string of the molecule is O=C(NCCOc1ccc(CC(C(=O)O)n2cccc2)cc1)c1ccc(-c2ccccn2)cc1. The molecule has 0 aliphatic rings. The molecular weight excluding hydrogens is 430 g/mol. The van der Waals surface area contributed by atoms with Gasteiger partial charge in [0.05, 0.1) is 12.2 Å². The van der Waals surface area contributed by atoms with Gasteiger partial charge in [-0.2, -0.15) is 0 Å². The molecule has 34 heavy (non-hydrogen) atoms. The number of hydrogen-bond acceptors (Lipinski definition) is 4. The van der Waals surface area contributed by atoms with Crippen LogP contribution in [0.15, 0.2) is 97.5 Å². The van der Waals surface area contributed by atoms with Crippen LogP contribution < -0.4 is 10.1 Å². The molecule has 0 aliphatic heterocycles. The molecule has 0 aliphatic carbocycles. The van der Waals surface area contributed by atoms with Gasteiger partial charge in [0.1, 0.15) is 18.4 Å². The highest BCUT2D eigenvalue weighted by Gasteiger charge is 2.19. The Labute approximate surface area is 197 Å². The molecule has 4 rings (SSSR count). The lowest BCUT2D eigenvalue weighted by atomic mass is 10.1. The maximum absolute atomic E-state index is 12.4. The Morgan fingerprint density at radius 3 is 2.32 bits per heavy atom. The molecule has 4 aromatic rings. The number of hydrogen-bond donors (Lipinski definition) is 2. The van der Waals surface area contributed by atoms with Crippen LogP contribution in [-0.2, 0) is 11.2 Å². The first-order valence-electron chi connectivity index (χ1n) is 11.0. The monoisotopic (exact) mass is 455 g/mol. The number of rotatable bonds is 10. The molecule has 0 radical (unpaired) electrons. The zero-order valence-corrected chi connectivity index (χ0v) is 18.5. The second kappa shape index (κ2) is 11.0. The van der Waals surface area contributed by atoms with E-state index in [0.29, 0.717) is 30.9 Å². The van der Waals surface area contributed by atoms with Crippen molar-refractivity contribution >= 4 is 11.9 Å². The molecule has 1 unspecified atom stereocenters. The number of carbonyl (C=O) groups is 2. The van der Waals surface area contributed by atoms with Crippen molar-refractivity contribution < 1.29 is 19.4 Å². The highest BCUT2D eigenvalue weighted by molar-refractivity contribution is 5.94. The molecular formula is C27H25N3O4. The number of nitrogens with one attached hydrogen (secondary N) is 1. The fourth-order valence-corrected chi connectivity index (χ4v) is 3.58. The zero-order valence-electron chi connectivity index (χ0n) is 18.5. The van der Waals surface area contributed by atoms with E-state index < -0.39 is 12.0 Å². The highest BCUT2D eigenvalue weighted by atomic mass is 16.5. The number of nitrogens with zero attached hydrogens (tertiary/aromatic N) is 2. The fraction of sp³-hybridized carbons (Fsp3) is 0.148. The minimum atomic E-state index is -0.876. The van der Waals surface area contributed by atoms with Gasteiger partial charge in [-0.05, 0) is 54.1 Å². The van der Waals surface area contributed by atoms with Crippen LogP contribution in [0, 0.1) is 0 Å². The standard InChI is InChI=1S/C27H25N3O4/c31-26(22-10-8-21(9-11-22)24-5-1-2-14-28-24)29-15-18-34-23-12-6-20(7-13-23)19-25(27(32)33)30-16-3-4-17-30/h1-14,16-17,25H,15,18-19H2,(H,29,31)(H,32,33). The predicted octanol–water partition coefficient (Wildman–Crippen LogP) is 4.23. The summed E-state index contributed by atoms with van der Waals surface area (Å²) in [5, 5.41) is 12.4. The van der Waals surface area contributed by atoms with Gasteiger partial charge in [0.2, 0.25) is 0 Å². The third kappa shape index (κ3) is 5.89. The van der Waals surface area contributed by atoms with Gasteiger partial charge in [0.25, 0.3) is 5.91 Å². The van der Waals surface area contributed by atoms with Crippen molar-refractivity contribution in [3.63, 3.8) is 0 Å². The third-order valence-electron chi connectivity index (χ3n) is 5.39. The minimum absolute atomic E-state index is 0.170. The Morgan fingerprint density at radius 2 is 1.68 bits per heavy atom. The second-order valence-corrected chi connectivity index (χ2v) is 7.73. The van der Waals surface area contributed by atoms with Crippen LogP contribution in [0.1, 0.15) is 22.0 Å². The van der Waals surface area contributed by atoms with Gasteiger partial charge in [-0.1, -0.05) is 30.3 Å². The van der Waals surface area contributed by atoms with Crippen LogP contribution in [0.3, 0.4) is 0 Å². The van der Waals surface area contributed by atoms with E-state index in [-0.39, 0.29) is 5.91 Å². The molecule has 0 saturated heterocycles. The van der Waals surface area contributed by atoms with Crippen molar-refractivity contribution in [1.29, 1.82) is 0 Å². The highest BCUT2D eigenvalue weighted by Crippen LogP contribution is 2.19. The van der Waals surface area contributed by atoms with Crippen molar-refractivity contribution in [2.75, 3.05) is 13.2 Å². The summed E-state index contributed by atoms with van der Waals surface area (Å²) < 4.78 is 7.39. The predicted molar refractivity (Wildman–Crippen MR) is 129 cm³/mol. The summed E-state index contributed by atoms with van der Waals surface area (Å²) in [6.45, 7) is 0.676. The Balaban J connectivity index is 1.23. The minimum Gasteiger partial charge on any atom is -0.492 e. The number of amides is 1. The number of pyridine rings is 1. The smallest absolute Gasteiger partial charge is 0.327 e. The van der Waals surface area contributed by atoms with Crippen LogP contribution >= 0.6 is 0 Å². The van der Waals surface area contributed by atoms with Crippen molar-refractivity contribution in [2.24, 2.45) is 0 Å². The Kier molecular flexibility index (Phi) is 7.35. The van der Waals surface area contributed by atoms with Crippen LogP contribution in [0.4, 0.5) is 0 Å². The number of aliphatic carboxylic acids is 1. The lowest BCUT2D eigenvalue weighted by molar-refractivity contribution is -0.140. The molecule has 0 spiro atoms. The zero-order chi connectivity index (χ0) is 23.8. The number of carboxylic acid groups (broad SMARTS) is 1. The first-order chi connectivity index (χ1) is 16.6. The quantitative estimate of drug-likeness (QED) is 0.349. The van der Waals surface area contributed by atoms with Gasteiger partial charge in [0, 0.05) is 36.1 Å². The molecule has 2 aromatic heterocycles. The second-order valence-electron chi connectivity index (χ2n) is 7.73. The lowest BCUT2D eigenvalue weighted by Crippen LogP contribution is -2.28. The van der Waals surface area contributed by atoms with E-state index in [0.717, 1.165) is 16.8 Å². The van der Waals surface area contributed by atoms with E-state index in [1.165, 1.54) is 0 Å². The average Bonchev–Trinajstić information content (AvgIpc) is 3.41. The molecule has 2 aromatic carbocycles. The topological polar surface area (TPSA) is 93.5 Å². The molecule has 172 valence electrons. The average molecular weight is 456 g/mol. The van der Waals surface area contributed by atoms with E-state index in [2.05, 4.69) is 10.3 Å². The molecule has 7 heteroatoms. The summed E-state index contributed by atoms with van der Waals surface area (Å²) in [6, 6.07) is 23.3. The van der Waals surface area contributed by atoms with Crippen molar-refractivity contribution in [2.45, 2.75) is 12.5 Å². The Hall–Kier alpha value is -4.39. The lowest BCUT2D eigenvalue weighted by Gasteiger charge is -2.15. The maximum Gasteiger partial charge on any atom is 0.327 e. The Morgan fingerprint density at radius 1 is 0.941 bits per heavy atom. The van der Waals surface area contributed by atoms with Gasteiger partial charge in [0.15, 0.2) is 0 Å².